The van der Waals surface area contributed by atoms with Crippen molar-refractivity contribution in [2.24, 2.45) is 5.73 Å². The minimum Gasteiger partial charge on any atom is -0.393 e. The molecule has 0 saturated carbocycles. The first-order chi connectivity index (χ1) is 7.02. The molecule has 0 atom stereocenters. The topological polar surface area (TPSA) is 75.0 Å². The molecular formula is C8H11BrN4OS. The van der Waals surface area contributed by atoms with Crippen LogP contribution < -0.4 is 16.2 Å². The second kappa shape index (κ2) is 5.22. The van der Waals surface area contributed by atoms with Gasteiger partial charge < -0.3 is 15.6 Å². The molecular weight excluding hydrogens is 280 g/mol. The Morgan fingerprint density at radius 1 is 1.80 bits per heavy atom. The van der Waals surface area contributed by atoms with E-state index < -0.39 is 0 Å². The molecule has 0 fully saturated rings. The number of halogens is 1. The molecule has 1 aromatic rings. The molecule has 1 heterocycles. The fourth-order valence-corrected chi connectivity index (χ4v) is 1.63. The van der Waals surface area contributed by atoms with Gasteiger partial charge in [-0.15, -0.1) is 0 Å². The van der Waals surface area contributed by atoms with Crippen molar-refractivity contribution < 1.29 is 0 Å². The molecule has 0 aliphatic heterocycles. The zero-order valence-electron chi connectivity index (χ0n) is 8.16. The third-order valence-electron chi connectivity index (χ3n) is 1.83. The number of nitrogens with two attached hydrogens (primary N) is 1. The molecule has 3 N–H and O–H groups in total. The summed E-state index contributed by atoms with van der Waals surface area (Å²) in [6, 6.07) is 0. The van der Waals surface area contributed by atoms with Gasteiger partial charge in [-0.3, -0.25) is 4.79 Å². The summed E-state index contributed by atoms with van der Waals surface area (Å²) in [5, 5.41) is 0. The van der Waals surface area contributed by atoms with E-state index in [0.717, 1.165) is 0 Å². The quantitative estimate of drug-likeness (QED) is 0.797. The minimum atomic E-state index is -0.206. The first-order valence-corrected chi connectivity index (χ1v) is 5.45. The van der Waals surface area contributed by atoms with Crippen LogP contribution in [0.25, 0.3) is 0 Å². The van der Waals surface area contributed by atoms with Crippen molar-refractivity contribution in [3.8, 4) is 0 Å². The summed E-state index contributed by atoms with van der Waals surface area (Å²) in [6.45, 7) is 0.629. The molecule has 15 heavy (non-hydrogen) atoms. The van der Waals surface area contributed by atoms with Crippen molar-refractivity contribution in [1.82, 2.24) is 9.97 Å². The largest absolute Gasteiger partial charge is 0.393 e. The number of anilines is 1. The Kier molecular flexibility index (Phi) is 4.22. The average molecular weight is 291 g/mol. The zero-order chi connectivity index (χ0) is 11.4. The summed E-state index contributed by atoms with van der Waals surface area (Å²) >= 11 is 7.95. The lowest BCUT2D eigenvalue weighted by molar-refractivity contribution is 0.883. The van der Waals surface area contributed by atoms with Gasteiger partial charge in [0.15, 0.2) is 0 Å². The monoisotopic (exact) mass is 290 g/mol. The molecule has 1 aromatic heterocycles. The van der Waals surface area contributed by atoms with E-state index in [4.69, 9.17) is 18.0 Å². The number of nitrogens with one attached hydrogen (secondary N) is 1. The van der Waals surface area contributed by atoms with Crippen molar-refractivity contribution in [3.63, 3.8) is 0 Å². The SMILES string of the molecule is CN(CCC(N)=S)c1nc[nH]c(=O)c1Br. The van der Waals surface area contributed by atoms with Gasteiger partial charge in [0, 0.05) is 20.0 Å². The van der Waals surface area contributed by atoms with E-state index in [1.54, 1.807) is 0 Å². The summed E-state index contributed by atoms with van der Waals surface area (Å²) < 4.78 is 0.412. The molecule has 7 heteroatoms. The summed E-state index contributed by atoms with van der Waals surface area (Å²) in [5.41, 5.74) is 5.19. The van der Waals surface area contributed by atoms with Crippen LogP contribution in [0.3, 0.4) is 0 Å². The first-order valence-electron chi connectivity index (χ1n) is 4.25. The Morgan fingerprint density at radius 3 is 3.07 bits per heavy atom. The number of hydrogen-bond acceptors (Lipinski definition) is 4. The van der Waals surface area contributed by atoms with Crippen molar-refractivity contribution in [1.29, 1.82) is 0 Å². The Balaban J connectivity index is 2.82. The lowest BCUT2D eigenvalue weighted by Gasteiger charge is -2.18. The van der Waals surface area contributed by atoms with Crippen molar-refractivity contribution >= 4 is 39.0 Å². The molecule has 1 rings (SSSR count). The van der Waals surface area contributed by atoms with Gasteiger partial charge >= 0.3 is 0 Å². The number of rotatable bonds is 4. The van der Waals surface area contributed by atoms with Crippen LogP contribution in [0.4, 0.5) is 5.82 Å². The Morgan fingerprint density at radius 2 is 2.47 bits per heavy atom. The summed E-state index contributed by atoms with van der Waals surface area (Å²) in [4.78, 5) is 20.1. The number of hydrogen-bond donors (Lipinski definition) is 2. The van der Waals surface area contributed by atoms with Gasteiger partial charge in [0.05, 0.1) is 11.3 Å². The highest BCUT2D eigenvalue weighted by Gasteiger charge is 2.09. The molecule has 0 spiro atoms. The molecule has 0 unspecified atom stereocenters. The van der Waals surface area contributed by atoms with Crippen LogP contribution in [-0.4, -0.2) is 28.5 Å². The third-order valence-corrected chi connectivity index (χ3v) is 2.75. The van der Waals surface area contributed by atoms with E-state index >= 15 is 0 Å². The van der Waals surface area contributed by atoms with Crippen LogP contribution in [0.1, 0.15) is 6.42 Å². The highest BCUT2D eigenvalue weighted by Crippen LogP contribution is 2.17. The molecule has 0 aromatic carbocycles. The number of aromatic amines is 1. The summed E-state index contributed by atoms with van der Waals surface area (Å²) in [7, 11) is 1.82. The number of H-pyrrole nitrogens is 1. The fraction of sp³-hybridized carbons (Fsp3) is 0.375. The maximum Gasteiger partial charge on any atom is 0.267 e. The molecule has 82 valence electrons. The van der Waals surface area contributed by atoms with E-state index in [9.17, 15) is 4.79 Å². The molecule has 5 nitrogen and oxygen atoms in total. The normalized spacial score (nSPS) is 10.0. The standard InChI is InChI=1S/C8H11BrN4OS/c1-13(3-2-5(10)15)7-6(9)8(14)12-4-11-7/h4H,2-3H2,1H3,(H2,10,15)(H,11,12,14). The number of aromatic nitrogens is 2. The van der Waals surface area contributed by atoms with Gasteiger partial charge in [0.25, 0.3) is 5.56 Å². The molecule has 0 radical (unpaired) electrons. The maximum atomic E-state index is 11.3. The van der Waals surface area contributed by atoms with Crippen LogP contribution in [0.5, 0.6) is 0 Å². The zero-order valence-corrected chi connectivity index (χ0v) is 10.6. The second-order valence-electron chi connectivity index (χ2n) is 3.01. The Labute approximate surface area is 101 Å². The molecule has 0 amide bonds. The van der Waals surface area contributed by atoms with Gasteiger partial charge in [-0.1, -0.05) is 12.2 Å². The van der Waals surface area contributed by atoms with Gasteiger partial charge in [-0.2, -0.15) is 0 Å². The highest BCUT2D eigenvalue weighted by molar-refractivity contribution is 9.10. The average Bonchev–Trinajstić information content (AvgIpc) is 2.18. The van der Waals surface area contributed by atoms with Gasteiger partial charge in [0.2, 0.25) is 0 Å². The van der Waals surface area contributed by atoms with Gasteiger partial charge in [-0.05, 0) is 15.9 Å². The van der Waals surface area contributed by atoms with Gasteiger partial charge in [0.1, 0.15) is 10.3 Å². The van der Waals surface area contributed by atoms with E-state index in [-0.39, 0.29) is 5.56 Å². The number of nitrogens with zero attached hydrogens (tertiary/aromatic N) is 2. The van der Waals surface area contributed by atoms with Crippen LogP contribution in [-0.2, 0) is 0 Å². The number of thiocarbonyl (C=S) groups is 1. The van der Waals surface area contributed by atoms with Crippen molar-refractivity contribution in [2.75, 3.05) is 18.5 Å². The molecule has 0 aliphatic rings. The maximum absolute atomic E-state index is 11.3. The van der Waals surface area contributed by atoms with E-state index in [1.165, 1.54) is 6.33 Å². The van der Waals surface area contributed by atoms with Crippen molar-refractivity contribution in [2.45, 2.75) is 6.42 Å². The Bertz CT molecular complexity index is 419. The van der Waals surface area contributed by atoms with Crippen molar-refractivity contribution in [3.05, 3.63) is 21.2 Å². The Hall–Kier alpha value is -0.950. The molecule has 0 bridgehead atoms. The summed E-state index contributed by atoms with van der Waals surface area (Å²) in [6.07, 6.45) is 1.95. The lowest BCUT2D eigenvalue weighted by atomic mass is 10.4. The predicted molar refractivity (Wildman–Crippen MR) is 67.2 cm³/mol. The highest BCUT2D eigenvalue weighted by atomic mass is 79.9. The fourth-order valence-electron chi connectivity index (χ4n) is 1.02. The molecule has 0 aliphatic carbocycles. The minimum absolute atomic E-state index is 0.206. The van der Waals surface area contributed by atoms with E-state index in [2.05, 4.69) is 25.9 Å². The smallest absolute Gasteiger partial charge is 0.267 e. The molecule has 0 saturated heterocycles. The summed E-state index contributed by atoms with van der Waals surface area (Å²) in [5.74, 6) is 0.579. The predicted octanol–water partition coefficient (Wildman–Crippen LogP) is 0.645. The van der Waals surface area contributed by atoms with Crippen LogP contribution in [0.2, 0.25) is 0 Å². The van der Waals surface area contributed by atoms with Crippen LogP contribution >= 0.6 is 28.1 Å². The van der Waals surface area contributed by atoms with E-state index in [1.807, 2.05) is 11.9 Å². The first kappa shape index (κ1) is 12.1. The van der Waals surface area contributed by atoms with Gasteiger partial charge in [-0.25, -0.2) is 4.98 Å². The third kappa shape index (κ3) is 3.28. The van der Waals surface area contributed by atoms with E-state index in [0.29, 0.717) is 28.2 Å². The van der Waals surface area contributed by atoms with Crippen LogP contribution in [0.15, 0.2) is 15.6 Å². The lowest BCUT2D eigenvalue weighted by Crippen LogP contribution is -2.26. The van der Waals surface area contributed by atoms with Crippen LogP contribution in [0, 0.1) is 0 Å². The second-order valence-corrected chi connectivity index (χ2v) is 4.32.